The van der Waals surface area contributed by atoms with Gasteiger partial charge in [-0.15, -0.1) is 0 Å². The molecule has 4 rings (SSSR count). The van der Waals surface area contributed by atoms with Gasteiger partial charge in [0.2, 0.25) is 0 Å². The molecule has 0 radical (unpaired) electrons. The van der Waals surface area contributed by atoms with Crippen molar-refractivity contribution in [2.24, 2.45) is 0 Å². The molecule has 0 atom stereocenters. The zero-order valence-corrected chi connectivity index (χ0v) is 15.5. The summed E-state index contributed by atoms with van der Waals surface area (Å²) in [6.07, 6.45) is 4.46. The molecule has 0 aromatic carbocycles. The molecular weight excluding hydrogens is 330 g/mol. The van der Waals surface area contributed by atoms with Gasteiger partial charge in [-0.3, -0.25) is 4.79 Å². The number of hydrogen-bond donors (Lipinski definition) is 0. The Morgan fingerprint density at radius 3 is 2.46 bits per heavy atom. The first-order valence-corrected chi connectivity index (χ1v) is 9.18. The van der Waals surface area contributed by atoms with Crippen LogP contribution >= 0.6 is 0 Å². The van der Waals surface area contributed by atoms with Gasteiger partial charge in [0.05, 0.1) is 22.3 Å². The predicted molar refractivity (Wildman–Crippen MR) is 98.1 cm³/mol. The predicted octanol–water partition coefficient (Wildman–Crippen LogP) is 4.42. The van der Waals surface area contributed by atoms with E-state index in [-0.39, 0.29) is 5.91 Å². The molecule has 1 amide bonds. The van der Waals surface area contributed by atoms with Crippen LogP contribution in [0, 0.1) is 20.8 Å². The number of likely N-dealkylation sites (tertiary alicyclic amines) is 1. The van der Waals surface area contributed by atoms with E-state index >= 15 is 0 Å². The topological polar surface area (TPSA) is 72.4 Å². The van der Waals surface area contributed by atoms with E-state index in [9.17, 15) is 4.79 Å². The molecule has 6 heteroatoms. The van der Waals surface area contributed by atoms with E-state index in [1.807, 2.05) is 37.8 Å². The number of hydrogen-bond acceptors (Lipinski definition) is 5. The van der Waals surface area contributed by atoms with Gasteiger partial charge in [0, 0.05) is 18.7 Å². The van der Waals surface area contributed by atoms with Gasteiger partial charge in [0.1, 0.15) is 11.5 Å². The Bertz CT molecular complexity index is 962. The Hall–Kier alpha value is -2.63. The molecule has 0 aliphatic carbocycles. The standard InChI is InChI=1S/C20H23N3O3/c1-12-10-15(14(3)25-12)17-11-16(18-13(2)22-26-19(18)21-17)20(24)23-8-6-4-5-7-9-23/h10-11H,4-9H2,1-3H3. The fraction of sp³-hybridized carbons (Fsp3) is 0.450. The molecule has 136 valence electrons. The molecule has 1 aliphatic rings. The monoisotopic (exact) mass is 353 g/mol. The van der Waals surface area contributed by atoms with Crippen molar-refractivity contribution in [3.63, 3.8) is 0 Å². The molecule has 0 bridgehead atoms. The summed E-state index contributed by atoms with van der Waals surface area (Å²) in [6, 6.07) is 3.80. The smallest absolute Gasteiger partial charge is 0.259 e. The number of rotatable bonds is 2. The first-order chi connectivity index (χ1) is 12.5. The van der Waals surface area contributed by atoms with Crippen molar-refractivity contribution in [2.45, 2.75) is 46.5 Å². The Kier molecular flexibility index (Phi) is 4.26. The van der Waals surface area contributed by atoms with Crippen LogP contribution in [0.15, 0.2) is 21.1 Å². The first kappa shape index (κ1) is 16.8. The molecule has 1 saturated heterocycles. The summed E-state index contributed by atoms with van der Waals surface area (Å²) in [7, 11) is 0. The van der Waals surface area contributed by atoms with Crippen LogP contribution in [0.25, 0.3) is 22.4 Å². The van der Waals surface area contributed by atoms with Crippen molar-refractivity contribution in [3.05, 3.63) is 34.9 Å². The first-order valence-electron chi connectivity index (χ1n) is 9.18. The average molecular weight is 353 g/mol. The number of amides is 1. The number of aromatic nitrogens is 2. The second-order valence-electron chi connectivity index (χ2n) is 7.04. The van der Waals surface area contributed by atoms with E-state index in [0.717, 1.165) is 43.0 Å². The van der Waals surface area contributed by atoms with Gasteiger partial charge >= 0.3 is 0 Å². The molecule has 0 spiro atoms. The zero-order valence-electron chi connectivity index (χ0n) is 15.5. The lowest BCUT2D eigenvalue weighted by Gasteiger charge is -2.21. The van der Waals surface area contributed by atoms with Gasteiger partial charge in [-0.2, -0.15) is 0 Å². The highest BCUT2D eigenvalue weighted by atomic mass is 16.5. The van der Waals surface area contributed by atoms with Crippen LogP contribution < -0.4 is 0 Å². The quantitative estimate of drug-likeness (QED) is 0.682. The highest BCUT2D eigenvalue weighted by Gasteiger charge is 2.24. The molecule has 1 aliphatic heterocycles. The minimum absolute atomic E-state index is 0.0321. The average Bonchev–Trinajstić information content (AvgIpc) is 3.03. The van der Waals surface area contributed by atoms with Gasteiger partial charge in [0.25, 0.3) is 11.6 Å². The van der Waals surface area contributed by atoms with Crippen molar-refractivity contribution >= 4 is 17.0 Å². The largest absolute Gasteiger partial charge is 0.466 e. The summed E-state index contributed by atoms with van der Waals surface area (Å²) < 4.78 is 11.0. The minimum atomic E-state index is 0.0321. The fourth-order valence-electron chi connectivity index (χ4n) is 3.73. The molecule has 3 aromatic rings. The fourth-order valence-corrected chi connectivity index (χ4v) is 3.73. The molecule has 0 unspecified atom stereocenters. The highest BCUT2D eigenvalue weighted by molar-refractivity contribution is 6.07. The minimum Gasteiger partial charge on any atom is -0.466 e. The van der Waals surface area contributed by atoms with Crippen LogP contribution in [-0.2, 0) is 0 Å². The summed E-state index contributed by atoms with van der Waals surface area (Å²) in [6.45, 7) is 7.24. The van der Waals surface area contributed by atoms with Crippen molar-refractivity contribution in [2.75, 3.05) is 13.1 Å². The number of carbonyl (C=O) groups excluding carboxylic acids is 1. The maximum absolute atomic E-state index is 13.3. The third-order valence-electron chi connectivity index (χ3n) is 5.06. The number of fused-ring (bicyclic) bond motifs is 1. The van der Waals surface area contributed by atoms with Crippen LogP contribution in [0.3, 0.4) is 0 Å². The van der Waals surface area contributed by atoms with Crippen LogP contribution in [0.4, 0.5) is 0 Å². The van der Waals surface area contributed by atoms with E-state index in [1.165, 1.54) is 12.8 Å². The molecule has 1 fully saturated rings. The maximum atomic E-state index is 13.3. The van der Waals surface area contributed by atoms with E-state index < -0.39 is 0 Å². The summed E-state index contributed by atoms with van der Waals surface area (Å²) in [5.74, 6) is 1.62. The van der Waals surface area contributed by atoms with Crippen molar-refractivity contribution in [3.8, 4) is 11.3 Å². The van der Waals surface area contributed by atoms with E-state index in [0.29, 0.717) is 28.1 Å². The van der Waals surface area contributed by atoms with E-state index in [2.05, 4.69) is 10.1 Å². The number of aryl methyl sites for hydroxylation is 3. The Morgan fingerprint density at radius 2 is 1.81 bits per heavy atom. The van der Waals surface area contributed by atoms with Crippen molar-refractivity contribution in [1.82, 2.24) is 15.0 Å². The maximum Gasteiger partial charge on any atom is 0.259 e. The SMILES string of the molecule is Cc1cc(-c2cc(C(=O)N3CCCCCC3)c3c(C)noc3n2)c(C)o1. The van der Waals surface area contributed by atoms with Gasteiger partial charge in [0.15, 0.2) is 0 Å². The lowest BCUT2D eigenvalue weighted by molar-refractivity contribution is 0.0763. The van der Waals surface area contributed by atoms with Crippen LogP contribution in [-0.4, -0.2) is 34.0 Å². The lowest BCUT2D eigenvalue weighted by atomic mass is 10.0. The van der Waals surface area contributed by atoms with Gasteiger partial charge in [-0.05, 0) is 45.7 Å². The van der Waals surface area contributed by atoms with Crippen LogP contribution in [0.1, 0.15) is 53.3 Å². The second-order valence-corrected chi connectivity index (χ2v) is 7.04. The summed E-state index contributed by atoms with van der Waals surface area (Å²) in [4.78, 5) is 19.8. The van der Waals surface area contributed by atoms with Crippen molar-refractivity contribution < 1.29 is 13.7 Å². The van der Waals surface area contributed by atoms with Crippen LogP contribution in [0.2, 0.25) is 0 Å². The Balaban J connectivity index is 1.85. The molecule has 6 nitrogen and oxygen atoms in total. The number of nitrogens with zero attached hydrogens (tertiary/aromatic N) is 3. The number of furan rings is 1. The Labute approximate surface area is 152 Å². The second kappa shape index (κ2) is 6.59. The zero-order chi connectivity index (χ0) is 18.3. The summed E-state index contributed by atoms with van der Waals surface area (Å²) in [5, 5.41) is 4.74. The van der Waals surface area contributed by atoms with Gasteiger partial charge < -0.3 is 13.8 Å². The van der Waals surface area contributed by atoms with Gasteiger partial charge in [-0.1, -0.05) is 18.0 Å². The molecule has 0 N–H and O–H groups in total. The molecule has 4 heterocycles. The Morgan fingerprint density at radius 1 is 1.08 bits per heavy atom. The molecular formula is C20H23N3O3. The third kappa shape index (κ3) is 2.89. The summed E-state index contributed by atoms with van der Waals surface area (Å²) in [5.41, 5.74) is 3.27. The molecule has 26 heavy (non-hydrogen) atoms. The summed E-state index contributed by atoms with van der Waals surface area (Å²) >= 11 is 0. The molecule has 0 saturated carbocycles. The van der Waals surface area contributed by atoms with E-state index in [1.54, 1.807) is 0 Å². The van der Waals surface area contributed by atoms with E-state index in [4.69, 9.17) is 8.94 Å². The van der Waals surface area contributed by atoms with Crippen molar-refractivity contribution in [1.29, 1.82) is 0 Å². The number of pyridine rings is 1. The normalized spacial score (nSPS) is 15.4. The lowest BCUT2D eigenvalue weighted by Crippen LogP contribution is -2.32. The highest BCUT2D eigenvalue weighted by Crippen LogP contribution is 2.31. The molecule has 3 aromatic heterocycles. The number of carbonyl (C=O) groups is 1. The third-order valence-corrected chi connectivity index (χ3v) is 5.06. The van der Waals surface area contributed by atoms with Gasteiger partial charge in [-0.25, -0.2) is 4.98 Å². The van der Waals surface area contributed by atoms with Crippen LogP contribution in [0.5, 0.6) is 0 Å².